The van der Waals surface area contributed by atoms with Crippen LogP contribution in [0.1, 0.15) is 29.5 Å². The van der Waals surface area contributed by atoms with Crippen LogP contribution in [0, 0.1) is 23.0 Å². The van der Waals surface area contributed by atoms with Crippen LogP contribution in [-0.2, 0) is 0 Å². The smallest absolute Gasteiger partial charge is 0.133 e. The molecule has 2 aromatic rings. The zero-order valence-electron chi connectivity index (χ0n) is 11.0. The van der Waals surface area contributed by atoms with Crippen molar-refractivity contribution in [2.75, 3.05) is 0 Å². The molecule has 0 aliphatic carbocycles. The van der Waals surface area contributed by atoms with Crippen LogP contribution < -0.4 is 0 Å². The molecule has 0 aromatic heterocycles. The number of nitriles is 1. The lowest BCUT2D eigenvalue weighted by Crippen LogP contribution is -1.99. The van der Waals surface area contributed by atoms with Crippen LogP contribution >= 0.6 is 0 Å². The van der Waals surface area contributed by atoms with Gasteiger partial charge in [-0.25, -0.2) is 8.78 Å². The zero-order chi connectivity index (χ0) is 14.7. The molecule has 0 bridgehead atoms. The molecule has 0 radical (unpaired) electrons. The summed E-state index contributed by atoms with van der Waals surface area (Å²) >= 11 is 0. The molecule has 2 rings (SSSR count). The van der Waals surface area contributed by atoms with Gasteiger partial charge in [-0.1, -0.05) is 25.6 Å². The van der Waals surface area contributed by atoms with E-state index in [0.29, 0.717) is 16.7 Å². The van der Waals surface area contributed by atoms with Crippen LogP contribution in [0.3, 0.4) is 0 Å². The van der Waals surface area contributed by atoms with Crippen LogP contribution in [0.4, 0.5) is 8.78 Å². The third-order valence-electron chi connectivity index (χ3n) is 3.34. The Hall–Kier alpha value is -2.47. The predicted molar refractivity (Wildman–Crippen MR) is 75.0 cm³/mol. The normalized spacial score (nSPS) is 11.7. The molecule has 0 amide bonds. The van der Waals surface area contributed by atoms with Gasteiger partial charge in [0.25, 0.3) is 0 Å². The van der Waals surface area contributed by atoms with Gasteiger partial charge < -0.3 is 0 Å². The Kier molecular flexibility index (Phi) is 3.95. The first kappa shape index (κ1) is 14.0. The topological polar surface area (TPSA) is 23.8 Å². The first-order chi connectivity index (χ1) is 9.52. The van der Waals surface area contributed by atoms with Crippen molar-refractivity contribution in [1.82, 2.24) is 0 Å². The van der Waals surface area contributed by atoms with E-state index in [9.17, 15) is 8.78 Å². The molecule has 3 heteroatoms. The van der Waals surface area contributed by atoms with Gasteiger partial charge in [0.15, 0.2) is 0 Å². The summed E-state index contributed by atoms with van der Waals surface area (Å²) in [6, 6.07) is 12.6. The highest BCUT2D eigenvalue weighted by Crippen LogP contribution is 2.31. The van der Waals surface area contributed by atoms with Crippen molar-refractivity contribution in [2.24, 2.45) is 0 Å². The van der Waals surface area contributed by atoms with Crippen molar-refractivity contribution in [2.45, 2.75) is 12.8 Å². The minimum Gasteiger partial charge on any atom is -0.207 e. The fourth-order valence-electron chi connectivity index (χ4n) is 2.03. The summed E-state index contributed by atoms with van der Waals surface area (Å²) in [7, 11) is 0. The van der Waals surface area contributed by atoms with Crippen LogP contribution in [0.25, 0.3) is 5.57 Å². The molecule has 1 nitrogen and oxygen atoms in total. The number of benzene rings is 2. The van der Waals surface area contributed by atoms with Crippen LogP contribution in [-0.4, -0.2) is 0 Å². The van der Waals surface area contributed by atoms with E-state index in [1.54, 1.807) is 12.1 Å². The second-order valence-electron chi connectivity index (χ2n) is 4.60. The summed E-state index contributed by atoms with van der Waals surface area (Å²) in [6.45, 7) is 5.80. The molecule has 100 valence electrons. The van der Waals surface area contributed by atoms with E-state index in [2.05, 4.69) is 6.58 Å². The molecule has 0 aliphatic rings. The Balaban J connectivity index is 2.30. The lowest BCUT2D eigenvalue weighted by atomic mass is 9.89. The molecule has 0 aliphatic heterocycles. The highest BCUT2D eigenvalue weighted by atomic mass is 19.1. The first-order valence-electron chi connectivity index (χ1n) is 6.17. The molecule has 0 saturated heterocycles. The first-order valence-corrected chi connectivity index (χ1v) is 6.17. The van der Waals surface area contributed by atoms with E-state index in [4.69, 9.17) is 5.26 Å². The Morgan fingerprint density at radius 3 is 2.35 bits per heavy atom. The van der Waals surface area contributed by atoms with Gasteiger partial charge in [-0.05, 0) is 35.4 Å². The van der Waals surface area contributed by atoms with Gasteiger partial charge in [-0.2, -0.15) is 5.26 Å². The number of allylic oxidation sites excluding steroid dienone is 1. The minimum absolute atomic E-state index is 0.122. The van der Waals surface area contributed by atoms with Crippen molar-refractivity contribution >= 4 is 5.57 Å². The lowest BCUT2D eigenvalue weighted by molar-refractivity contribution is 0.580. The van der Waals surface area contributed by atoms with Crippen LogP contribution in [0.5, 0.6) is 0 Å². The van der Waals surface area contributed by atoms with Crippen molar-refractivity contribution in [3.8, 4) is 6.07 Å². The molecule has 0 N–H and O–H groups in total. The fraction of sp³-hybridized carbons (Fsp3) is 0.118. The van der Waals surface area contributed by atoms with E-state index in [1.165, 1.54) is 12.1 Å². The Morgan fingerprint density at radius 1 is 1.15 bits per heavy atom. The second kappa shape index (κ2) is 5.66. The standard InChI is InChI=1S/C17H13F2N/c1-11(14-5-3-13(10-20)4-6-14)12(2)16-8-7-15(18)9-17(16)19/h3-9,11H,2H2,1H3/t11-/m0/s1. The van der Waals surface area contributed by atoms with Gasteiger partial charge in [-0.15, -0.1) is 0 Å². The molecule has 20 heavy (non-hydrogen) atoms. The summed E-state index contributed by atoms with van der Waals surface area (Å²) < 4.78 is 26.7. The maximum absolute atomic E-state index is 13.8. The number of nitrogens with zero attached hydrogens (tertiary/aromatic N) is 1. The summed E-state index contributed by atoms with van der Waals surface area (Å²) in [6.07, 6.45) is 0. The molecule has 0 heterocycles. The SMILES string of the molecule is C=C(c1ccc(F)cc1F)[C@H](C)c1ccc(C#N)cc1. The second-order valence-corrected chi connectivity index (χ2v) is 4.60. The zero-order valence-corrected chi connectivity index (χ0v) is 11.0. The summed E-state index contributed by atoms with van der Waals surface area (Å²) in [5.41, 5.74) is 2.38. The average molecular weight is 269 g/mol. The Morgan fingerprint density at radius 2 is 1.80 bits per heavy atom. The maximum atomic E-state index is 13.8. The van der Waals surface area contributed by atoms with Crippen molar-refractivity contribution < 1.29 is 8.78 Å². The van der Waals surface area contributed by atoms with Gasteiger partial charge in [0.1, 0.15) is 11.6 Å². The van der Waals surface area contributed by atoms with Crippen molar-refractivity contribution in [1.29, 1.82) is 5.26 Å². The highest BCUT2D eigenvalue weighted by molar-refractivity contribution is 5.69. The molecular formula is C17H13F2N. The van der Waals surface area contributed by atoms with Gasteiger partial charge in [0, 0.05) is 17.5 Å². The average Bonchev–Trinajstić information content (AvgIpc) is 2.46. The molecule has 0 spiro atoms. The molecule has 1 atom stereocenters. The summed E-state index contributed by atoms with van der Waals surface area (Å²) in [4.78, 5) is 0. The number of hydrogen-bond donors (Lipinski definition) is 0. The van der Waals surface area contributed by atoms with E-state index in [-0.39, 0.29) is 5.92 Å². The number of halogens is 2. The number of hydrogen-bond acceptors (Lipinski definition) is 1. The fourth-order valence-corrected chi connectivity index (χ4v) is 2.03. The van der Waals surface area contributed by atoms with E-state index >= 15 is 0 Å². The molecule has 0 saturated carbocycles. The van der Waals surface area contributed by atoms with Gasteiger partial charge in [0.2, 0.25) is 0 Å². The van der Waals surface area contributed by atoms with E-state index in [0.717, 1.165) is 11.6 Å². The van der Waals surface area contributed by atoms with Crippen molar-refractivity contribution in [3.05, 3.63) is 77.4 Å². The van der Waals surface area contributed by atoms with E-state index < -0.39 is 11.6 Å². The van der Waals surface area contributed by atoms with Gasteiger partial charge in [0.05, 0.1) is 11.6 Å². The molecule has 2 aromatic carbocycles. The predicted octanol–water partition coefficient (Wildman–Crippen LogP) is 4.65. The molecular weight excluding hydrogens is 256 g/mol. The third-order valence-corrected chi connectivity index (χ3v) is 3.34. The third kappa shape index (κ3) is 2.75. The highest BCUT2D eigenvalue weighted by Gasteiger charge is 2.15. The summed E-state index contributed by atoms with van der Waals surface area (Å²) in [5, 5.41) is 8.76. The minimum atomic E-state index is -0.615. The summed E-state index contributed by atoms with van der Waals surface area (Å²) in [5.74, 6) is -1.34. The van der Waals surface area contributed by atoms with Crippen molar-refractivity contribution in [3.63, 3.8) is 0 Å². The van der Waals surface area contributed by atoms with Gasteiger partial charge >= 0.3 is 0 Å². The Labute approximate surface area is 116 Å². The van der Waals surface area contributed by atoms with Crippen LogP contribution in [0.2, 0.25) is 0 Å². The molecule has 0 unspecified atom stereocenters. The maximum Gasteiger partial charge on any atom is 0.133 e. The van der Waals surface area contributed by atoms with Gasteiger partial charge in [-0.3, -0.25) is 0 Å². The van der Waals surface area contributed by atoms with E-state index in [1.807, 2.05) is 25.1 Å². The quantitative estimate of drug-likeness (QED) is 0.795. The largest absolute Gasteiger partial charge is 0.207 e. The van der Waals surface area contributed by atoms with Crippen LogP contribution in [0.15, 0.2) is 49.0 Å². The molecule has 0 fully saturated rings. The monoisotopic (exact) mass is 269 g/mol. The number of rotatable bonds is 3. The lowest BCUT2D eigenvalue weighted by Gasteiger charge is -2.16. The Bertz CT molecular complexity index is 681.